The molecule has 2 aromatic carbocycles. The van der Waals surface area contributed by atoms with Crippen LogP contribution in [0.15, 0.2) is 53.1 Å². The first-order valence-corrected chi connectivity index (χ1v) is 9.86. The van der Waals surface area contributed by atoms with Gasteiger partial charge in [0.05, 0.1) is 17.3 Å². The molecule has 29 heavy (non-hydrogen) atoms. The highest BCUT2D eigenvalue weighted by Crippen LogP contribution is 2.32. The van der Waals surface area contributed by atoms with Gasteiger partial charge in [-0.1, -0.05) is 29.8 Å². The predicted molar refractivity (Wildman–Crippen MR) is 109 cm³/mol. The fourth-order valence-electron chi connectivity index (χ4n) is 3.16. The first-order valence-electron chi connectivity index (χ1n) is 9.48. The van der Waals surface area contributed by atoms with Gasteiger partial charge in [-0.05, 0) is 36.8 Å². The molecule has 1 aliphatic rings. The summed E-state index contributed by atoms with van der Waals surface area (Å²) in [5, 5.41) is 3.59. The van der Waals surface area contributed by atoms with Crippen LogP contribution < -0.4 is 14.8 Å². The van der Waals surface area contributed by atoms with Crippen LogP contribution in [-0.4, -0.2) is 24.1 Å². The largest absolute Gasteiger partial charge is 0.486 e. The lowest BCUT2D eigenvalue weighted by molar-refractivity contribution is -0.121. The second-order valence-electron chi connectivity index (χ2n) is 6.79. The number of oxazole rings is 1. The van der Waals surface area contributed by atoms with E-state index in [2.05, 4.69) is 10.3 Å². The molecule has 0 saturated heterocycles. The van der Waals surface area contributed by atoms with Crippen molar-refractivity contribution in [3.63, 3.8) is 0 Å². The third-order valence-electron chi connectivity index (χ3n) is 4.70. The standard InChI is InChI=1S/C22H21ClN2O4/c1-14(15-6-7-18-19(12-15)28-11-10-27-18)25-21(26)8-9-22-24-13-20(29-22)16-4-2-3-5-17(16)23/h2-7,12-14H,8-11H2,1H3,(H,25,26). The summed E-state index contributed by atoms with van der Waals surface area (Å²) in [5.74, 6) is 2.46. The van der Waals surface area contributed by atoms with E-state index in [-0.39, 0.29) is 18.4 Å². The van der Waals surface area contributed by atoms with E-state index in [9.17, 15) is 4.79 Å². The molecule has 1 amide bonds. The zero-order chi connectivity index (χ0) is 20.2. The summed E-state index contributed by atoms with van der Waals surface area (Å²) in [6, 6.07) is 13.0. The van der Waals surface area contributed by atoms with Crippen LogP contribution in [-0.2, 0) is 11.2 Å². The van der Waals surface area contributed by atoms with Crippen LogP contribution in [0.5, 0.6) is 11.5 Å². The number of nitrogens with one attached hydrogen (secondary N) is 1. The maximum atomic E-state index is 12.4. The Morgan fingerprint density at radius 3 is 2.79 bits per heavy atom. The van der Waals surface area contributed by atoms with Crippen LogP contribution in [0.4, 0.5) is 0 Å². The number of fused-ring (bicyclic) bond motifs is 1. The van der Waals surface area contributed by atoms with Crippen molar-refractivity contribution in [1.82, 2.24) is 10.3 Å². The van der Waals surface area contributed by atoms with Crippen molar-refractivity contribution in [2.24, 2.45) is 0 Å². The van der Waals surface area contributed by atoms with Crippen LogP contribution in [0.25, 0.3) is 11.3 Å². The van der Waals surface area contributed by atoms with Crippen molar-refractivity contribution < 1.29 is 18.7 Å². The highest BCUT2D eigenvalue weighted by Gasteiger charge is 2.16. The van der Waals surface area contributed by atoms with E-state index >= 15 is 0 Å². The monoisotopic (exact) mass is 412 g/mol. The summed E-state index contributed by atoms with van der Waals surface area (Å²) in [6.07, 6.45) is 2.31. The third kappa shape index (κ3) is 4.54. The van der Waals surface area contributed by atoms with Crippen molar-refractivity contribution in [1.29, 1.82) is 0 Å². The molecule has 0 saturated carbocycles. The zero-order valence-electron chi connectivity index (χ0n) is 16.0. The number of aromatic nitrogens is 1. The summed E-state index contributed by atoms with van der Waals surface area (Å²) in [5.41, 5.74) is 1.74. The fraction of sp³-hybridized carbons (Fsp3) is 0.273. The molecule has 2 heterocycles. The number of hydrogen-bond donors (Lipinski definition) is 1. The zero-order valence-corrected chi connectivity index (χ0v) is 16.7. The smallest absolute Gasteiger partial charge is 0.220 e. The Hall–Kier alpha value is -2.99. The van der Waals surface area contributed by atoms with Crippen LogP contribution >= 0.6 is 11.6 Å². The number of carbonyl (C=O) groups excluding carboxylic acids is 1. The minimum absolute atomic E-state index is 0.0788. The maximum Gasteiger partial charge on any atom is 0.220 e. The lowest BCUT2D eigenvalue weighted by Gasteiger charge is -2.21. The average Bonchev–Trinajstić information content (AvgIpc) is 3.21. The summed E-state index contributed by atoms with van der Waals surface area (Å²) in [4.78, 5) is 16.6. The summed E-state index contributed by atoms with van der Waals surface area (Å²) < 4.78 is 16.9. The van der Waals surface area contributed by atoms with Gasteiger partial charge in [0.15, 0.2) is 23.1 Å². The molecular formula is C22H21ClN2O4. The van der Waals surface area contributed by atoms with Gasteiger partial charge in [-0.25, -0.2) is 4.98 Å². The van der Waals surface area contributed by atoms with Gasteiger partial charge < -0.3 is 19.2 Å². The average molecular weight is 413 g/mol. The Kier molecular flexibility index (Phi) is 5.71. The number of amides is 1. The first kappa shape index (κ1) is 19.3. The van der Waals surface area contributed by atoms with Crippen LogP contribution in [0.2, 0.25) is 5.02 Å². The van der Waals surface area contributed by atoms with Crippen LogP contribution in [0, 0.1) is 0 Å². The lowest BCUT2D eigenvalue weighted by atomic mass is 10.1. The maximum absolute atomic E-state index is 12.4. The van der Waals surface area contributed by atoms with E-state index in [1.54, 1.807) is 12.3 Å². The molecule has 6 nitrogen and oxygen atoms in total. The molecule has 1 atom stereocenters. The highest BCUT2D eigenvalue weighted by molar-refractivity contribution is 6.33. The molecule has 4 rings (SSSR count). The normalized spacial score (nSPS) is 13.7. The number of hydrogen-bond acceptors (Lipinski definition) is 5. The van der Waals surface area contributed by atoms with Crippen molar-refractivity contribution in [2.45, 2.75) is 25.8 Å². The molecule has 0 radical (unpaired) electrons. The number of halogens is 1. The topological polar surface area (TPSA) is 73.6 Å². The Balaban J connectivity index is 1.33. The number of benzene rings is 2. The summed E-state index contributed by atoms with van der Waals surface area (Å²) in [7, 11) is 0. The number of carbonyl (C=O) groups is 1. The molecule has 0 spiro atoms. The van der Waals surface area contributed by atoms with E-state index in [0.717, 1.165) is 16.9 Å². The van der Waals surface area contributed by atoms with E-state index in [1.807, 2.05) is 43.3 Å². The highest BCUT2D eigenvalue weighted by atomic mass is 35.5. The van der Waals surface area contributed by atoms with Crippen molar-refractivity contribution in [3.8, 4) is 22.8 Å². The van der Waals surface area contributed by atoms with Crippen LogP contribution in [0.1, 0.15) is 30.8 Å². The number of ether oxygens (including phenoxy) is 2. The predicted octanol–water partition coefficient (Wildman–Crippen LogP) is 4.58. The molecule has 7 heteroatoms. The molecule has 0 aliphatic carbocycles. The quantitative estimate of drug-likeness (QED) is 0.641. The molecule has 1 aliphatic heterocycles. The molecular weight excluding hydrogens is 392 g/mol. The second-order valence-corrected chi connectivity index (χ2v) is 7.20. The van der Waals surface area contributed by atoms with Gasteiger partial charge in [-0.3, -0.25) is 4.79 Å². The van der Waals surface area contributed by atoms with Gasteiger partial charge in [-0.2, -0.15) is 0 Å². The van der Waals surface area contributed by atoms with Crippen molar-refractivity contribution in [3.05, 3.63) is 65.1 Å². The van der Waals surface area contributed by atoms with E-state index in [1.165, 1.54) is 0 Å². The molecule has 1 N–H and O–H groups in total. The minimum atomic E-state index is -0.151. The molecule has 1 unspecified atom stereocenters. The van der Waals surface area contributed by atoms with E-state index < -0.39 is 0 Å². The summed E-state index contributed by atoms with van der Waals surface area (Å²) in [6.45, 7) is 3.02. The SMILES string of the molecule is CC(NC(=O)CCc1ncc(-c2ccccc2Cl)o1)c1ccc2c(c1)OCCO2. The Bertz CT molecular complexity index is 1020. The molecule has 3 aromatic rings. The number of aryl methyl sites for hydroxylation is 1. The van der Waals surface area contributed by atoms with Crippen molar-refractivity contribution >= 4 is 17.5 Å². The molecule has 150 valence electrons. The van der Waals surface area contributed by atoms with E-state index in [4.69, 9.17) is 25.5 Å². The second kappa shape index (κ2) is 8.57. The van der Waals surface area contributed by atoms with Gasteiger partial charge in [0.1, 0.15) is 13.2 Å². The van der Waals surface area contributed by atoms with E-state index in [0.29, 0.717) is 42.1 Å². The Morgan fingerprint density at radius 1 is 1.17 bits per heavy atom. The van der Waals surface area contributed by atoms with Gasteiger partial charge in [0.2, 0.25) is 5.91 Å². The van der Waals surface area contributed by atoms with Crippen molar-refractivity contribution in [2.75, 3.05) is 13.2 Å². The fourth-order valence-corrected chi connectivity index (χ4v) is 3.39. The molecule has 0 fully saturated rings. The first-order chi connectivity index (χ1) is 14.1. The van der Waals surface area contributed by atoms with Gasteiger partial charge in [0.25, 0.3) is 0 Å². The minimum Gasteiger partial charge on any atom is -0.486 e. The number of rotatable bonds is 6. The third-order valence-corrected chi connectivity index (χ3v) is 5.03. The van der Waals surface area contributed by atoms with Gasteiger partial charge in [0, 0.05) is 18.4 Å². The summed E-state index contributed by atoms with van der Waals surface area (Å²) >= 11 is 6.19. The Morgan fingerprint density at radius 2 is 1.97 bits per heavy atom. The lowest BCUT2D eigenvalue weighted by Crippen LogP contribution is -2.27. The van der Waals surface area contributed by atoms with Crippen LogP contribution in [0.3, 0.4) is 0 Å². The van der Waals surface area contributed by atoms with Gasteiger partial charge in [-0.15, -0.1) is 0 Å². The van der Waals surface area contributed by atoms with Gasteiger partial charge >= 0.3 is 0 Å². The molecule has 1 aromatic heterocycles. The Labute approximate surface area is 173 Å². The number of nitrogens with zero attached hydrogens (tertiary/aromatic N) is 1. The molecule has 0 bridgehead atoms.